The molecule has 0 saturated heterocycles. The first kappa shape index (κ1) is 55.5. The zero-order valence-corrected chi connectivity index (χ0v) is 46.7. The molecule has 0 aromatic heterocycles. The van der Waals surface area contributed by atoms with Crippen LogP contribution in [0.4, 0.5) is 0 Å². The van der Waals surface area contributed by atoms with E-state index in [4.69, 9.17) is 33.2 Å². The van der Waals surface area contributed by atoms with Crippen molar-refractivity contribution in [1.82, 2.24) is 0 Å². The largest absolute Gasteiger partial charge is 0.462 e. The summed E-state index contributed by atoms with van der Waals surface area (Å²) >= 11 is 7.33. The van der Waals surface area contributed by atoms with E-state index in [1.54, 1.807) is 48.5 Å². The fourth-order valence-corrected chi connectivity index (χ4v) is 21.0. The van der Waals surface area contributed by atoms with Gasteiger partial charge in [0, 0.05) is 78.0 Å². The lowest BCUT2D eigenvalue weighted by Gasteiger charge is -2.38. The first-order valence-electron chi connectivity index (χ1n) is 22.7. The molecule has 0 radical (unpaired) electrons. The highest BCUT2D eigenvalue weighted by Gasteiger charge is 2.62. The number of carbonyl (C=O) groups excluding carboxylic acids is 3. The van der Waals surface area contributed by atoms with E-state index in [1.165, 1.54) is 0 Å². The molecule has 3 aromatic rings. The number of hydrogen-bond acceptors (Lipinski definition) is 27. The van der Waals surface area contributed by atoms with E-state index < -0.39 is 104 Å². The molecule has 0 unspecified atom stereocenters. The Bertz CT molecular complexity index is 2540. The number of esters is 3. The van der Waals surface area contributed by atoms with E-state index in [2.05, 4.69) is 0 Å². The molecule has 0 aliphatic carbocycles. The van der Waals surface area contributed by atoms with Crippen molar-refractivity contribution in [3.63, 3.8) is 0 Å². The van der Waals surface area contributed by atoms with Gasteiger partial charge < -0.3 is 79.1 Å². The van der Waals surface area contributed by atoms with Gasteiger partial charge in [0.15, 0.2) is 34.2 Å². The van der Waals surface area contributed by atoms with E-state index in [1.807, 2.05) is 0 Å². The van der Waals surface area contributed by atoms with Gasteiger partial charge in [-0.1, -0.05) is 0 Å². The second-order valence-corrected chi connectivity index (χ2v) is 30.2. The summed E-state index contributed by atoms with van der Waals surface area (Å²) in [7, 11) is 0. The summed E-state index contributed by atoms with van der Waals surface area (Å²) in [5.41, 5.74) is -3.80. The average Bonchev–Trinajstić information content (AvgIpc) is 4.21. The quantitative estimate of drug-likeness (QED) is 0.0486. The topological polar surface area (TPSA) is 298 Å². The van der Waals surface area contributed by atoms with Crippen LogP contribution in [0.1, 0.15) is 96.2 Å². The van der Waals surface area contributed by atoms with Crippen molar-refractivity contribution < 1.29 is 93.5 Å². The van der Waals surface area contributed by atoms with Crippen LogP contribution in [-0.2, 0) is 19.8 Å². The third-order valence-electron chi connectivity index (χ3n) is 12.1. The van der Waals surface area contributed by atoms with Gasteiger partial charge >= 0.3 is 17.9 Å². The minimum Gasteiger partial charge on any atom is -0.462 e. The van der Waals surface area contributed by atoms with Crippen LogP contribution >= 0.6 is 94.1 Å². The van der Waals surface area contributed by atoms with Crippen LogP contribution in [-0.4, -0.2) is 164 Å². The fourth-order valence-electron chi connectivity index (χ4n) is 8.99. The standard InChI is InChI=1S/C46H52O19S8/c1-8-59-37(55)19-25-27(64-40(4,5)62-25)22(28-26(19)63-41(6,7)65-28)46(58,23-33-29(66-42(11-47,12-48)70-33)20(38(56)60-9-2)30-34(23)71-43(13-49,14-50)67-30)24-35-31(68-44(15-51,16-52)72-35)21(39(57)61-10-3)32-36(24)73-45(17-53,18-54)69-32/h47-54,58H,8-18H2,1-7H3. The molecule has 398 valence electrons. The summed E-state index contributed by atoms with van der Waals surface area (Å²) in [6.45, 7) is 5.25. The fraction of sp³-hybridized carbons (Fsp3) is 0.543. The second-order valence-electron chi connectivity index (χ2n) is 18.0. The van der Waals surface area contributed by atoms with Crippen LogP contribution in [0.3, 0.4) is 0 Å². The van der Waals surface area contributed by atoms with Gasteiger partial charge in [0.05, 0.1) is 89.4 Å². The Hall–Kier alpha value is -2.29. The molecular formula is C46H52O19S8. The van der Waals surface area contributed by atoms with Crippen molar-refractivity contribution in [3.05, 3.63) is 33.4 Å². The highest BCUT2D eigenvalue weighted by molar-refractivity contribution is 8.22. The molecule has 6 heterocycles. The molecule has 0 fully saturated rings. The van der Waals surface area contributed by atoms with Crippen molar-refractivity contribution >= 4 is 112 Å². The third-order valence-corrected chi connectivity index (χ3v) is 24.6. The zero-order chi connectivity index (χ0) is 53.0. The van der Waals surface area contributed by atoms with Crippen LogP contribution in [0.25, 0.3) is 0 Å². The van der Waals surface area contributed by atoms with Crippen LogP contribution in [0, 0.1) is 0 Å². The maximum Gasteiger partial charge on any atom is 0.346 e. The highest BCUT2D eigenvalue weighted by Crippen LogP contribution is 2.75. The average molecular weight is 1170 g/mol. The van der Waals surface area contributed by atoms with Crippen molar-refractivity contribution in [3.8, 4) is 23.0 Å². The molecule has 0 atom stereocenters. The van der Waals surface area contributed by atoms with Crippen molar-refractivity contribution in [2.75, 3.05) is 72.7 Å². The van der Waals surface area contributed by atoms with Crippen molar-refractivity contribution in [2.24, 2.45) is 0 Å². The Labute approximate surface area is 452 Å². The third kappa shape index (κ3) is 8.61. The number of benzene rings is 3. The summed E-state index contributed by atoms with van der Waals surface area (Å²) in [5.74, 6) is -6.87. The van der Waals surface area contributed by atoms with Gasteiger partial charge in [-0.25, -0.2) is 14.4 Å². The second kappa shape index (κ2) is 19.9. The number of fused-ring (bicyclic) bond motifs is 6. The molecule has 0 bridgehead atoms. The molecule has 3 aromatic carbocycles. The molecule has 0 spiro atoms. The van der Waals surface area contributed by atoms with Crippen LogP contribution < -0.4 is 18.9 Å². The van der Waals surface area contributed by atoms with Crippen LogP contribution in [0.5, 0.6) is 23.0 Å². The smallest absolute Gasteiger partial charge is 0.346 e. The summed E-state index contributed by atoms with van der Waals surface area (Å²) in [5, 5.41) is 105. The Morgan fingerprint density at radius 2 is 0.630 bits per heavy atom. The SMILES string of the molecule is CCOC(=O)c1c2c(c(C(O)(c3c4c(c(C(=O)OCC)c5c3SC(CO)(CO)S5)SC(CO)(CO)S4)c3c4c(c(C(=O)OCC)c5c3SC(CO)(CO)S5)SC(CO)(CO)S4)c3c1OC(C)(C)O3)OC(C)(C)O2. The number of hydrogen-bond donors (Lipinski definition) is 9. The highest BCUT2D eigenvalue weighted by atomic mass is 32.2. The van der Waals surface area contributed by atoms with Gasteiger partial charge in [-0.3, -0.25) is 0 Å². The lowest BCUT2D eigenvalue weighted by molar-refractivity contribution is -0.0516. The lowest BCUT2D eigenvalue weighted by Crippen LogP contribution is -2.36. The summed E-state index contributed by atoms with van der Waals surface area (Å²) < 4.78 is 37.2. The van der Waals surface area contributed by atoms with Gasteiger partial charge in [-0.2, -0.15) is 0 Å². The molecule has 19 nitrogen and oxygen atoms in total. The van der Waals surface area contributed by atoms with Crippen LogP contribution in [0.2, 0.25) is 0 Å². The summed E-state index contributed by atoms with van der Waals surface area (Å²) in [6, 6.07) is 0. The molecule has 9 N–H and O–H groups in total. The van der Waals surface area contributed by atoms with Crippen molar-refractivity contribution in [2.45, 2.75) is 121 Å². The maximum absolute atomic E-state index is 15.6. The Morgan fingerprint density at radius 3 is 0.877 bits per heavy atom. The monoisotopic (exact) mass is 1160 g/mol. The normalized spacial score (nSPS) is 20.1. The van der Waals surface area contributed by atoms with E-state index in [0.717, 1.165) is 94.1 Å². The molecule has 27 heteroatoms. The summed E-state index contributed by atoms with van der Waals surface area (Å²) in [6.07, 6.45) is 0. The van der Waals surface area contributed by atoms with E-state index in [-0.39, 0.29) is 115 Å². The number of thioether (sulfide) groups is 8. The van der Waals surface area contributed by atoms with E-state index in [9.17, 15) is 55.2 Å². The lowest BCUT2D eigenvalue weighted by atomic mass is 9.77. The van der Waals surface area contributed by atoms with Crippen molar-refractivity contribution in [1.29, 1.82) is 0 Å². The Kier molecular flexibility index (Phi) is 15.1. The van der Waals surface area contributed by atoms with E-state index >= 15 is 5.11 Å². The number of rotatable bonds is 17. The molecule has 6 aliphatic heterocycles. The number of carbonyl (C=O) groups is 3. The molecular weight excluding hydrogens is 1110 g/mol. The van der Waals surface area contributed by atoms with E-state index in [0.29, 0.717) is 0 Å². The first-order chi connectivity index (χ1) is 34.6. The first-order valence-corrected chi connectivity index (χ1v) is 29.2. The Balaban J connectivity index is 1.58. The van der Waals surface area contributed by atoms with Gasteiger partial charge in [-0.15, -0.1) is 94.1 Å². The maximum atomic E-state index is 15.6. The number of ether oxygens (including phenoxy) is 7. The predicted molar refractivity (Wildman–Crippen MR) is 274 cm³/mol. The van der Waals surface area contributed by atoms with Crippen LogP contribution in [0.15, 0.2) is 39.2 Å². The minimum atomic E-state index is -2.91. The van der Waals surface area contributed by atoms with Gasteiger partial charge in [0.25, 0.3) is 0 Å². The molecule has 9 rings (SSSR count). The molecule has 0 amide bonds. The Morgan fingerprint density at radius 1 is 0.397 bits per heavy atom. The number of aliphatic hydroxyl groups excluding tert-OH is 8. The molecule has 73 heavy (non-hydrogen) atoms. The van der Waals surface area contributed by atoms with Gasteiger partial charge in [0.1, 0.15) is 16.3 Å². The predicted octanol–water partition coefficient (Wildman–Crippen LogP) is 5.03. The number of aliphatic hydroxyl groups is 9. The molecule has 0 saturated carbocycles. The minimum absolute atomic E-state index is 0.0582. The van der Waals surface area contributed by atoms with Gasteiger partial charge in [-0.05, 0) is 20.8 Å². The van der Waals surface area contributed by atoms with Gasteiger partial charge in [0.2, 0.25) is 11.6 Å². The molecule has 6 aliphatic rings. The zero-order valence-electron chi connectivity index (χ0n) is 40.2. The summed E-state index contributed by atoms with van der Waals surface area (Å²) in [4.78, 5) is 44.2.